The highest BCUT2D eigenvalue weighted by Gasteiger charge is 2.10. The number of aromatic nitrogens is 3. The van der Waals surface area contributed by atoms with E-state index in [9.17, 15) is 0 Å². The quantitative estimate of drug-likeness (QED) is 0.600. The highest BCUT2D eigenvalue weighted by Crippen LogP contribution is 2.20. The second-order valence-corrected chi connectivity index (χ2v) is 6.31. The van der Waals surface area contributed by atoms with Crippen molar-refractivity contribution in [2.75, 3.05) is 13.1 Å². The Morgan fingerprint density at radius 3 is 2.53 bits per heavy atom. The molecule has 0 radical (unpaired) electrons. The van der Waals surface area contributed by atoms with Crippen LogP contribution in [0.25, 0.3) is 0 Å². The molecule has 0 saturated heterocycles. The van der Waals surface area contributed by atoms with Gasteiger partial charge in [0.05, 0.1) is 0 Å². The molecule has 1 N–H and O–H groups in total. The standard InChI is InChI=1S/C12H24N4S/c1-9(2)6-7-13-8-10(3)17-12-15-14-11(4)16(12)5/h9-10,13H,6-8H2,1-5H3. The summed E-state index contributed by atoms with van der Waals surface area (Å²) in [6.45, 7) is 10.8. The fraction of sp³-hybridized carbons (Fsp3) is 0.833. The fourth-order valence-electron chi connectivity index (χ4n) is 1.41. The Morgan fingerprint density at radius 1 is 1.29 bits per heavy atom. The highest BCUT2D eigenvalue weighted by atomic mass is 32.2. The van der Waals surface area contributed by atoms with Crippen molar-refractivity contribution in [3.05, 3.63) is 5.82 Å². The number of nitrogens with zero attached hydrogens (tertiary/aromatic N) is 3. The van der Waals surface area contributed by atoms with Crippen LogP contribution in [0.5, 0.6) is 0 Å². The molecule has 98 valence electrons. The van der Waals surface area contributed by atoms with Crippen LogP contribution < -0.4 is 5.32 Å². The van der Waals surface area contributed by atoms with Gasteiger partial charge in [0, 0.05) is 18.8 Å². The van der Waals surface area contributed by atoms with Crippen LogP contribution in [-0.4, -0.2) is 33.1 Å². The third-order valence-corrected chi connectivity index (χ3v) is 3.82. The van der Waals surface area contributed by atoms with Crippen LogP contribution in [0.2, 0.25) is 0 Å². The highest BCUT2D eigenvalue weighted by molar-refractivity contribution is 7.99. The smallest absolute Gasteiger partial charge is 0.191 e. The third kappa shape index (κ3) is 5.08. The SMILES string of the molecule is Cc1nnc(SC(C)CNCCC(C)C)n1C. The lowest BCUT2D eigenvalue weighted by atomic mass is 10.1. The summed E-state index contributed by atoms with van der Waals surface area (Å²) in [5.41, 5.74) is 0. The summed E-state index contributed by atoms with van der Waals surface area (Å²) >= 11 is 1.78. The number of hydrogen-bond acceptors (Lipinski definition) is 4. The molecule has 0 aliphatic carbocycles. The predicted octanol–water partition coefficient (Wildman–Crippen LogP) is 2.24. The molecule has 1 rings (SSSR count). The van der Waals surface area contributed by atoms with Crippen LogP contribution in [-0.2, 0) is 7.05 Å². The molecule has 0 aliphatic heterocycles. The lowest BCUT2D eigenvalue weighted by molar-refractivity contribution is 0.538. The summed E-state index contributed by atoms with van der Waals surface area (Å²) in [7, 11) is 2.01. The van der Waals surface area contributed by atoms with E-state index in [1.54, 1.807) is 11.8 Å². The number of thioether (sulfide) groups is 1. The largest absolute Gasteiger partial charge is 0.316 e. The molecule has 0 amide bonds. The van der Waals surface area contributed by atoms with Crippen molar-refractivity contribution in [3.8, 4) is 0 Å². The fourth-order valence-corrected chi connectivity index (χ4v) is 2.35. The van der Waals surface area contributed by atoms with Crippen molar-refractivity contribution in [2.24, 2.45) is 13.0 Å². The van der Waals surface area contributed by atoms with Gasteiger partial charge in [-0.3, -0.25) is 0 Å². The van der Waals surface area contributed by atoms with E-state index in [1.807, 2.05) is 18.5 Å². The summed E-state index contributed by atoms with van der Waals surface area (Å²) in [5, 5.41) is 13.2. The first-order chi connectivity index (χ1) is 8.00. The minimum absolute atomic E-state index is 0.518. The second-order valence-electron chi connectivity index (χ2n) is 4.90. The van der Waals surface area contributed by atoms with Gasteiger partial charge in [-0.2, -0.15) is 0 Å². The van der Waals surface area contributed by atoms with Crippen LogP contribution >= 0.6 is 11.8 Å². The summed E-state index contributed by atoms with van der Waals surface area (Å²) in [6, 6.07) is 0. The molecule has 0 saturated carbocycles. The normalized spacial score (nSPS) is 13.3. The van der Waals surface area contributed by atoms with Gasteiger partial charge in [-0.25, -0.2) is 0 Å². The maximum absolute atomic E-state index is 4.16. The van der Waals surface area contributed by atoms with Crippen LogP contribution in [0.15, 0.2) is 5.16 Å². The second kappa shape index (κ2) is 7.01. The van der Waals surface area contributed by atoms with Gasteiger partial charge in [0.25, 0.3) is 0 Å². The monoisotopic (exact) mass is 256 g/mol. The van der Waals surface area contributed by atoms with Crippen molar-refractivity contribution < 1.29 is 0 Å². The van der Waals surface area contributed by atoms with E-state index >= 15 is 0 Å². The lowest BCUT2D eigenvalue weighted by Crippen LogP contribution is -2.24. The van der Waals surface area contributed by atoms with Gasteiger partial charge in [0.2, 0.25) is 0 Å². The molecule has 0 aliphatic rings. The maximum Gasteiger partial charge on any atom is 0.191 e. The molecule has 1 aromatic rings. The molecule has 4 nitrogen and oxygen atoms in total. The van der Waals surface area contributed by atoms with Crippen LogP contribution in [0.4, 0.5) is 0 Å². The molecule has 1 heterocycles. The molecule has 1 aromatic heterocycles. The zero-order valence-electron chi connectivity index (χ0n) is 11.5. The van der Waals surface area contributed by atoms with Crippen LogP contribution in [0.1, 0.15) is 33.0 Å². The van der Waals surface area contributed by atoms with E-state index in [-0.39, 0.29) is 0 Å². The molecule has 5 heteroatoms. The Hall–Kier alpha value is -0.550. The summed E-state index contributed by atoms with van der Waals surface area (Å²) in [6.07, 6.45) is 1.24. The molecule has 0 bridgehead atoms. The molecular weight excluding hydrogens is 232 g/mol. The molecule has 0 spiro atoms. The van der Waals surface area contributed by atoms with E-state index in [2.05, 4.69) is 36.3 Å². The predicted molar refractivity (Wildman–Crippen MR) is 73.4 cm³/mol. The van der Waals surface area contributed by atoms with Crippen molar-refractivity contribution in [1.29, 1.82) is 0 Å². The average Bonchev–Trinajstić information content (AvgIpc) is 2.56. The van der Waals surface area contributed by atoms with E-state index < -0.39 is 0 Å². The minimum atomic E-state index is 0.518. The van der Waals surface area contributed by atoms with Gasteiger partial charge in [-0.15, -0.1) is 10.2 Å². The van der Waals surface area contributed by atoms with E-state index in [0.717, 1.165) is 30.0 Å². The molecule has 0 aromatic carbocycles. The molecule has 1 atom stereocenters. The van der Waals surface area contributed by atoms with Gasteiger partial charge < -0.3 is 9.88 Å². The minimum Gasteiger partial charge on any atom is -0.316 e. The Kier molecular flexibility index (Phi) is 5.98. The Morgan fingerprint density at radius 2 is 2.00 bits per heavy atom. The maximum atomic E-state index is 4.16. The lowest BCUT2D eigenvalue weighted by Gasteiger charge is -2.12. The first-order valence-corrected chi connectivity index (χ1v) is 7.12. The van der Waals surface area contributed by atoms with E-state index in [0.29, 0.717) is 5.25 Å². The van der Waals surface area contributed by atoms with Crippen LogP contribution in [0.3, 0.4) is 0 Å². The van der Waals surface area contributed by atoms with Crippen LogP contribution in [0, 0.1) is 12.8 Å². The molecule has 1 unspecified atom stereocenters. The van der Waals surface area contributed by atoms with Crippen molar-refractivity contribution >= 4 is 11.8 Å². The zero-order chi connectivity index (χ0) is 12.8. The first kappa shape index (κ1) is 14.5. The molecule has 17 heavy (non-hydrogen) atoms. The van der Waals surface area contributed by atoms with Crippen molar-refractivity contribution in [2.45, 2.75) is 44.5 Å². The number of rotatable bonds is 7. The molecular formula is C12H24N4S. The molecule has 0 fully saturated rings. The topological polar surface area (TPSA) is 42.7 Å². The van der Waals surface area contributed by atoms with Gasteiger partial charge in [0.15, 0.2) is 5.16 Å². The third-order valence-electron chi connectivity index (χ3n) is 2.69. The van der Waals surface area contributed by atoms with Gasteiger partial charge in [-0.1, -0.05) is 32.5 Å². The number of aryl methyl sites for hydroxylation is 1. The number of nitrogens with one attached hydrogen (secondary N) is 1. The van der Waals surface area contributed by atoms with Crippen molar-refractivity contribution in [1.82, 2.24) is 20.1 Å². The summed E-state index contributed by atoms with van der Waals surface area (Å²) < 4.78 is 2.04. The Balaban J connectivity index is 2.25. The first-order valence-electron chi connectivity index (χ1n) is 6.24. The van der Waals surface area contributed by atoms with E-state index in [1.165, 1.54) is 6.42 Å². The van der Waals surface area contributed by atoms with Crippen molar-refractivity contribution in [3.63, 3.8) is 0 Å². The summed E-state index contributed by atoms with van der Waals surface area (Å²) in [5.74, 6) is 1.74. The van der Waals surface area contributed by atoms with Gasteiger partial charge in [-0.05, 0) is 25.8 Å². The van der Waals surface area contributed by atoms with E-state index in [4.69, 9.17) is 0 Å². The Bertz CT molecular complexity index is 335. The van der Waals surface area contributed by atoms with Gasteiger partial charge >= 0.3 is 0 Å². The average molecular weight is 256 g/mol. The number of hydrogen-bond donors (Lipinski definition) is 1. The Labute approximate surface area is 109 Å². The summed E-state index contributed by atoms with van der Waals surface area (Å²) in [4.78, 5) is 0. The van der Waals surface area contributed by atoms with Gasteiger partial charge in [0.1, 0.15) is 5.82 Å². The zero-order valence-corrected chi connectivity index (χ0v) is 12.3.